The average molecular weight is 342 g/mol. The van der Waals surface area contributed by atoms with Gasteiger partial charge in [-0.15, -0.1) is 0 Å². The third kappa shape index (κ3) is 2.79. The Morgan fingerprint density at radius 1 is 1.35 bits per heavy atom. The molecule has 0 saturated heterocycles. The van der Waals surface area contributed by atoms with Gasteiger partial charge < -0.3 is 15.4 Å². The van der Waals surface area contributed by atoms with E-state index in [0.717, 1.165) is 9.26 Å². The fraction of sp³-hybridized carbons (Fsp3) is 0.0833. The van der Waals surface area contributed by atoms with E-state index in [1.54, 1.807) is 12.3 Å². The lowest BCUT2D eigenvalue weighted by molar-refractivity contribution is 0.0696. The van der Waals surface area contributed by atoms with E-state index in [1.165, 1.54) is 0 Å². The monoisotopic (exact) mass is 342 g/mol. The van der Waals surface area contributed by atoms with Gasteiger partial charge in [-0.3, -0.25) is 0 Å². The van der Waals surface area contributed by atoms with Crippen LogP contribution in [0.15, 0.2) is 36.5 Å². The van der Waals surface area contributed by atoms with Gasteiger partial charge in [0.25, 0.3) is 0 Å². The van der Waals surface area contributed by atoms with E-state index in [9.17, 15) is 4.79 Å². The van der Waals surface area contributed by atoms with Crippen molar-refractivity contribution in [1.82, 2.24) is 4.98 Å². The quantitative estimate of drug-likeness (QED) is 0.749. The van der Waals surface area contributed by atoms with E-state index in [0.29, 0.717) is 17.8 Å². The number of aromatic nitrogens is 1. The fourth-order valence-corrected chi connectivity index (χ4v) is 2.12. The minimum absolute atomic E-state index is 0.309. The van der Waals surface area contributed by atoms with Gasteiger partial charge in [0, 0.05) is 21.1 Å². The summed E-state index contributed by atoms with van der Waals surface area (Å²) in [7, 11) is 0. The van der Waals surface area contributed by atoms with Gasteiger partial charge in [0.1, 0.15) is 0 Å². The number of hydrogen-bond acceptors (Lipinski definition) is 2. The Kier molecular flexibility index (Phi) is 3.68. The SMILES string of the molecule is O=C(O)c1cc[nH]c1CNc1ccccc1I. The van der Waals surface area contributed by atoms with Gasteiger partial charge in [-0.1, -0.05) is 12.1 Å². The molecule has 0 radical (unpaired) electrons. The molecule has 0 saturated carbocycles. The second-order valence-corrected chi connectivity index (χ2v) is 4.67. The van der Waals surface area contributed by atoms with Crippen molar-refractivity contribution in [2.24, 2.45) is 0 Å². The summed E-state index contributed by atoms with van der Waals surface area (Å²) in [6, 6.07) is 9.43. The van der Waals surface area contributed by atoms with E-state index < -0.39 is 5.97 Å². The van der Waals surface area contributed by atoms with E-state index >= 15 is 0 Å². The molecule has 1 heterocycles. The molecule has 0 amide bonds. The van der Waals surface area contributed by atoms with Crippen molar-refractivity contribution in [1.29, 1.82) is 0 Å². The maximum absolute atomic E-state index is 10.9. The topological polar surface area (TPSA) is 65.1 Å². The molecule has 3 N–H and O–H groups in total. The largest absolute Gasteiger partial charge is 0.478 e. The first-order valence-corrected chi connectivity index (χ1v) is 6.14. The molecule has 0 spiro atoms. The fourth-order valence-electron chi connectivity index (χ4n) is 1.54. The standard InChI is InChI=1S/C12H11IN2O2/c13-9-3-1-2-4-10(9)15-7-11-8(12(16)17)5-6-14-11/h1-6,14-15H,7H2,(H,16,17). The zero-order chi connectivity index (χ0) is 12.3. The third-order valence-electron chi connectivity index (χ3n) is 2.39. The van der Waals surface area contributed by atoms with Gasteiger partial charge in [0.2, 0.25) is 0 Å². The van der Waals surface area contributed by atoms with Crippen LogP contribution in [0.4, 0.5) is 5.69 Å². The Hall–Kier alpha value is -1.50. The van der Waals surface area contributed by atoms with Gasteiger partial charge in [-0.2, -0.15) is 0 Å². The Labute approximate surface area is 112 Å². The number of hydrogen-bond donors (Lipinski definition) is 3. The van der Waals surface area contributed by atoms with Crippen LogP contribution in [0.3, 0.4) is 0 Å². The number of anilines is 1. The van der Waals surface area contributed by atoms with Crippen LogP contribution < -0.4 is 5.32 Å². The lowest BCUT2D eigenvalue weighted by atomic mass is 10.2. The molecule has 88 valence electrons. The Bertz CT molecular complexity index is 537. The van der Waals surface area contributed by atoms with E-state index in [2.05, 4.69) is 32.9 Å². The van der Waals surface area contributed by atoms with Crippen LogP contribution in [0.25, 0.3) is 0 Å². The molecule has 0 fully saturated rings. The number of carboxylic acids is 1. The number of carbonyl (C=O) groups is 1. The smallest absolute Gasteiger partial charge is 0.337 e. The molecule has 5 heteroatoms. The number of aromatic amines is 1. The average Bonchev–Trinajstić information content (AvgIpc) is 2.76. The van der Waals surface area contributed by atoms with Crippen LogP contribution in [0.2, 0.25) is 0 Å². The summed E-state index contributed by atoms with van der Waals surface area (Å²) in [5, 5.41) is 12.2. The lowest BCUT2D eigenvalue weighted by Crippen LogP contribution is -2.06. The number of halogens is 1. The predicted molar refractivity (Wildman–Crippen MR) is 74.2 cm³/mol. The molecule has 0 bridgehead atoms. The summed E-state index contributed by atoms with van der Waals surface area (Å²) < 4.78 is 1.11. The molecule has 4 nitrogen and oxygen atoms in total. The molecule has 1 aromatic carbocycles. The van der Waals surface area contributed by atoms with Crippen molar-refractivity contribution in [3.8, 4) is 0 Å². The summed E-state index contributed by atoms with van der Waals surface area (Å²) in [5.41, 5.74) is 1.99. The molecule has 1 aromatic heterocycles. The number of para-hydroxylation sites is 1. The molecule has 17 heavy (non-hydrogen) atoms. The molecule has 0 aliphatic heterocycles. The van der Waals surface area contributed by atoms with Crippen LogP contribution in [0.5, 0.6) is 0 Å². The zero-order valence-electron chi connectivity index (χ0n) is 8.90. The second-order valence-electron chi connectivity index (χ2n) is 3.51. The molecule has 2 aromatic rings. The molecular formula is C12H11IN2O2. The number of nitrogens with one attached hydrogen (secondary N) is 2. The number of H-pyrrole nitrogens is 1. The van der Waals surface area contributed by atoms with Gasteiger partial charge >= 0.3 is 5.97 Å². The number of rotatable bonds is 4. The zero-order valence-corrected chi connectivity index (χ0v) is 11.1. The maximum Gasteiger partial charge on any atom is 0.337 e. The van der Waals surface area contributed by atoms with Crippen molar-refractivity contribution in [2.45, 2.75) is 6.54 Å². The van der Waals surface area contributed by atoms with Gasteiger partial charge in [-0.05, 0) is 40.8 Å². The Morgan fingerprint density at radius 2 is 2.12 bits per heavy atom. The predicted octanol–water partition coefficient (Wildman–Crippen LogP) is 2.93. The third-order valence-corrected chi connectivity index (χ3v) is 3.33. The minimum atomic E-state index is -0.911. The molecule has 2 rings (SSSR count). The molecule has 0 unspecified atom stereocenters. The van der Waals surface area contributed by atoms with Crippen LogP contribution in [0, 0.1) is 3.57 Å². The summed E-state index contributed by atoms with van der Waals surface area (Å²) in [5.74, 6) is -0.911. The first-order chi connectivity index (χ1) is 8.18. The van der Waals surface area contributed by atoms with E-state index in [4.69, 9.17) is 5.11 Å². The van der Waals surface area contributed by atoms with Crippen LogP contribution >= 0.6 is 22.6 Å². The van der Waals surface area contributed by atoms with Crippen LogP contribution in [-0.2, 0) is 6.54 Å². The van der Waals surface area contributed by atoms with Crippen LogP contribution in [0.1, 0.15) is 16.1 Å². The van der Waals surface area contributed by atoms with Gasteiger partial charge in [0.15, 0.2) is 0 Å². The maximum atomic E-state index is 10.9. The molecule has 0 aliphatic carbocycles. The molecular weight excluding hydrogens is 331 g/mol. The minimum Gasteiger partial charge on any atom is -0.478 e. The summed E-state index contributed by atoms with van der Waals surface area (Å²) in [6.07, 6.45) is 1.64. The molecule has 0 aliphatic rings. The lowest BCUT2D eigenvalue weighted by Gasteiger charge is -2.07. The highest BCUT2D eigenvalue weighted by Crippen LogP contribution is 2.18. The van der Waals surface area contributed by atoms with Crippen molar-refractivity contribution in [2.75, 3.05) is 5.32 Å². The van der Waals surface area contributed by atoms with Crippen molar-refractivity contribution >= 4 is 34.2 Å². The number of benzene rings is 1. The highest BCUT2D eigenvalue weighted by atomic mass is 127. The molecule has 0 atom stereocenters. The first-order valence-electron chi connectivity index (χ1n) is 5.06. The van der Waals surface area contributed by atoms with Crippen molar-refractivity contribution < 1.29 is 9.90 Å². The Balaban J connectivity index is 2.10. The van der Waals surface area contributed by atoms with Gasteiger partial charge in [-0.25, -0.2) is 4.79 Å². The van der Waals surface area contributed by atoms with Crippen molar-refractivity contribution in [3.63, 3.8) is 0 Å². The summed E-state index contributed by atoms with van der Waals surface area (Å²) in [6.45, 7) is 0.467. The van der Waals surface area contributed by atoms with E-state index in [1.807, 2.05) is 24.3 Å². The highest BCUT2D eigenvalue weighted by Gasteiger charge is 2.10. The Morgan fingerprint density at radius 3 is 2.82 bits per heavy atom. The summed E-state index contributed by atoms with van der Waals surface area (Å²) in [4.78, 5) is 13.8. The summed E-state index contributed by atoms with van der Waals surface area (Å²) >= 11 is 2.23. The second kappa shape index (κ2) is 5.22. The normalized spacial score (nSPS) is 10.2. The highest BCUT2D eigenvalue weighted by molar-refractivity contribution is 14.1. The van der Waals surface area contributed by atoms with Gasteiger partial charge in [0.05, 0.1) is 12.1 Å². The van der Waals surface area contributed by atoms with E-state index in [-0.39, 0.29) is 0 Å². The van der Waals surface area contributed by atoms with Crippen molar-refractivity contribution in [3.05, 3.63) is 51.4 Å². The van der Waals surface area contributed by atoms with Crippen LogP contribution in [-0.4, -0.2) is 16.1 Å². The number of carboxylic acid groups (broad SMARTS) is 1. The number of aromatic carboxylic acids is 1. The first kappa shape index (κ1) is 12.0.